The molecule has 1 amide bonds. The van der Waals surface area contributed by atoms with E-state index in [-0.39, 0.29) is 0 Å². The number of rotatable bonds is 6. The van der Waals surface area contributed by atoms with Gasteiger partial charge in [0.15, 0.2) is 0 Å². The summed E-state index contributed by atoms with van der Waals surface area (Å²) in [7, 11) is 0. The second-order valence-corrected chi connectivity index (χ2v) is 4.90. The van der Waals surface area contributed by atoms with Gasteiger partial charge >= 0.3 is 0 Å². The molecule has 0 saturated carbocycles. The molecule has 106 valence electrons. The van der Waals surface area contributed by atoms with Crippen LogP contribution in [0.15, 0.2) is 30.7 Å². The number of imidazole rings is 1. The van der Waals surface area contributed by atoms with Crippen LogP contribution in [0.5, 0.6) is 0 Å². The lowest BCUT2D eigenvalue weighted by Gasteiger charge is -2.11. The number of carbonyl (C=O) groups is 1. The van der Waals surface area contributed by atoms with Crippen molar-refractivity contribution in [2.45, 2.75) is 26.4 Å². The van der Waals surface area contributed by atoms with Gasteiger partial charge in [0.05, 0.1) is 29.3 Å². The summed E-state index contributed by atoms with van der Waals surface area (Å²) in [5.41, 5.74) is 7.44. The number of anilines is 1. The summed E-state index contributed by atoms with van der Waals surface area (Å²) >= 11 is 6.10. The van der Waals surface area contributed by atoms with Crippen LogP contribution >= 0.6 is 11.6 Å². The fourth-order valence-electron chi connectivity index (χ4n) is 1.94. The zero-order chi connectivity index (χ0) is 14.5. The highest BCUT2D eigenvalue weighted by Gasteiger charge is 2.07. The van der Waals surface area contributed by atoms with Gasteiger partial charge in [0.2, 0.25) is 5.91 Å². The van der Waals surface area contributed by atoms with E-state index in [0.717, 1.165) is 18.7 Å². The topological polar surface area (TPSA) is 72.9 Å². The molecule has 0 radical (unpaired) electrons. The van der Waals surface area contributed by atoms with Crippen molar-refractivity contribution in [1.82, 2.24) is 9.55 Å². The van der Waals surface area contributed by atoms with E-state index in [9.17, 15) is 4.79 Å². The largest absolute Gasteiger partial charge is 0.378 e. The molecule has 20 heavy (non-hydrogen) atoms. The number of carbonyl (C=O) groups excluding carboxylic acids is 1. The van der Waals surface area contributed by atoms with Gasteiger partial charge in [0.1, 0.15) is 0 Å². The van der Waals surface area contributed by atoms with Crippen molar-refractivity contribution >= 4 is 23.2 Å². The molecular weight excluding hydrogens is 276 g/mol. The van der Waals surface area contributed by atoms with Gasteiger partial charge in [-0.2, -0.15) is 0 Å². The van der Waals surface area contributed by atoms with Gasteiger partial charge in [-0.15, -0.1) is 0 Å². The average molecular weight is 293 g/mol. The predicted molar refractivity (Wildman–Crippen MR) is 79.8 cm³/mol. The maximum Gasteiger partial charge on any atom is 0.248 e. The second kappa shape index (κ2) is 6.43. The third-order valence-electron chi connectivity index (χ3n) is 2.97. The highest BCUT2D eigenvalue weighted by molar-refractivity contribution is 6.33. The predicted octanol–water partition coefficient (Wildman–Crippen LogP) is 2.66. The molecule has 1 aromatic heterocycles. The molecule has 0 fully saturated rings. The molecule has 1 heterocycles. The quantitative estimate of drug-likeness (QED) is 0.859. The van der Waals surface area contributed by atoms with Gasteiger partial charge < -0.3 is 15.6 Å². The number of primary amides is 1. The van der Waals surface area contributed by atoms with Crippen molar-refractivity contribution in [1.29, 1.82) is 0 Å². The van der Waals surface area contributed by atoms with E-state index in [4.69, 9.17) is 17.3 Å². The number of nitrogens with zero attached hydrogens (tertiary/aromatic N) is 2. The van der Waals surface area contributed by atoms with E-state index < -0.39 is 5.91 Å². The number of halogens is 1. The Hall–Kier alpha value is -2.01. The Labute approximate surface area is 122 Å². The summed E-state index contributed by atoms with van der Waals surface area (Å²) in [6.07, 6.45) is 4.66. The highest BCUT2D eigenvalue weighted by atomic mass is 35.5. The van der Waals surface area contributed by atoms with Crippen LogP contribution in [0.25, 0.3) is 0 Å². The molecule has 0 aliphatic carbocycles. The Morgan fingerprint density at radius 3 is 3.00 bits per heavy atom. The summed E-state index contributed by atoms with van der Waals surface area (Å²) < 4.78 is 2.08. The summed E-state index contributed by atoms with van der Waals surface area (Å²) in [4.78, 5) is 15.3. The monoisotopic (exact) mass is 292 g/mol. The van der Waals surface area contributed by atoms with Gasteiger partial charge in [-0.1, -0.05) is 18.5 Å². The van der Waals surface area contributed by atoms with Gasteiger partial charge in [0.25, 0.3) is 0 Å². The molecule has 5 nitrogen and oxygen atoms in total. The molecule has 6 heteroatoms. The number of benzene rings is 1. The van der Waals surface area contributed by atoms with E-state index in [1.807, 2.05) is 12.5 Å². The van der Waals surface area contributed by atoms with E-state index in [1.165, 1.54) is 0 Å². The zero-order valence-corrected chi connectivity index (χ0v) is 12.0. The van der Waals surface area contributed by atoms with Crippen molar-refractivity contribution in [2.24, 2.45) is 5.73 Å². The average Bonchev–Trinajstić information content (AvgIpc) is 2.85. The fraction of sp³-hybridized carbons (Fsp3) is 0.286. The lowest BCUT2D eigenvalue weighted by atomic mass is 10.2. The third-order valence-corrected chi connectivity index (χ3v) is 3.30. The lowest BCUT2D eigenvalue weighted by molar-refractivity contribution is 0.100. The molecule has 2 aromatic rings. The minimum Gasteiger partial charge on any atom is -0.378 e. The first-order valence-corrected chi connectivity index (χ1v) is 6.82. The van der Waals surface area contributed by atoms with Crippen LogP contribution in [0.2, 0.25) is 5.02 Å². The standard InChI is InChI=1S/C14H17ClN4O/c1-2-5-19-9-17-7-11(19)8-18-13-6-10(14(16)20)3-4-12(13)15/h3-4,6-7,9,18H,2,5,8H2,1H3,(H2,16,20). The molecular formula is C14H17ClN4O. The van der Waals surface area contributed by atoms with Crippen LogP contribution in [-0.4, -0.2) is 15.5 Å². The van der Waals surface area contributed by atoms with E-state index in [2.05, 4.69) is 21.8 Å². The van der Waals surface area contributed by atoms with Gasteiger partial charge in [0, 0.05) is 18.3 Å². The maximum atomic E-state index is 11.2. The Bertz CT molecular complexity index is 609. The van der Waals surface area contributed by atoms with E-state index >= 15 is 0 Å². The summed E-state index contributed by atoms with van der Waals surface area (Å²) in [5.74, 6) is -0.472. The Kier molecular flexibility index (Phi) is 4.63. The summed E-state index contributed by atoms with van der Waals surface area (Å²) in [6.45, 7) is 3.62. The van der Waals surface area contributed by atoms with Crippen LogP contribution in [0.1, 0.15) is 29.4 Å². The molecule has 0 saturated heterocycles. The first-order valence-electron chi connectivity index (χ1n) is 6.44. The van der Waals surface area contributed by atoms with Crippen molar-refractivity contribution < 1.29 is 4.79 Å². The van der Waals surface area contributed by atoms with Crippen LogP contribution in [0.3, 0.4) is 0 Å². The number of amides is 1. The smallest absolute Gasteiger partial charge is 0.248 e. The first kappa shape index (κ1) is 14.4. The van der Waals surface area contributed by atoms with Gasteiger partial charge in [-0.05, 0) is 24.6 Å². The van der Waals surface area contributed by atoms with Crippen molar-refractivity contribution in [2.75, 3.05) is 5.32 Å². The van der Waals surface area contributed by atoms with Crippen molar-refractivity contribution in [3.8, 4) is 0 Å². The summed E-state index contributed by atoms with van der Waals surface area (Å²) in [6, 6.07) is 4.93. The van der Waals surface area contributed by atoms with Crippen LogP contribution in [0.4, 0.5) is 5.69 Å². The fourth-order valence-corrected chi connectivity index (χ4v) is 2.12. The molecule has 0 atom stereocenters. The number of hydrogen-bond donors (Lipinski definition) is 2. The van der Waals surface area contributed by atoms with Crippen molar-refractivity contribution in [3.63, 3.8) is 0 Å². The molecule has 0 aliphatic rings. The molecule has 2 rings (SSSR count). The Morgan fingerprint density at radius 2 is 2.30 bits per heavy atom. The molecule has 0 spiro atoms. The minimum absolute atomic E-state index is 0.430. The first-order chi connectivity index (χ1) is 9.61. The minimum atomic E-state index is -0.472. The van der Waals surface area contributed by atoms with Crippen LogP contribution in [-0.2, 0) is 13.1 Å². The van der Waals surface area contributed by atoms with Crippen LogP contribution in [0, 0.1) is 0 Å². The number of nitrogens with one attached hydrogen (secondary N) is 1. The van der Waals surface area contributed by atoms with Gasteiger partial charge in [-0.3, -0.25) is 4.79 Å². The van der Waals surface area contributed by atoms with E-state index in [0.29, 0.717) is 22.8 Å². The zero-order valence-electron chi connectivity index (χ0n) is 11.3. The number of aromatic nitrogens is 2. The molecule has 0 bridgehead atoms. The Balaban J connectivity index is 2.12. The van der Waals surface area contributed by atoms with Crippen molar-refractivity contribution in [3.05, 3.63) is 47.0 Å². The van der Waals surface area contributed by atoms with Gasteiger partial charge in [-0.25, -0.2) is 4.98 Å². The third kappa shape index (κ3) is 3.30. The summed E-state index contributed by atoms with van der Waals surface area (Å²) in [5, 5.41) is 3.76. The lowest BCUT2D eigenvalue weighted by Crippen LogP contribution is -2.12. The van der Waals surface area contributed by atoms with E-state index in [1.54, 1.807) is 18.2 Å². The van der Waals surface area contributed by atoms with Crippen LogP contribution < -0.4 is 11.1 Å². The number of aryl methyl sites for hydroxylation is 1. The molecule has 3 N–H and O–H groups in total. The molecule has 1 aromatic carbocycles. The normalized spacial score (nSPS) is 10.5. The second-order valence-electron chi connectivity index (χ2n) is 4.49. The number of hydrogen-bond acceptors (Lipinski definition) is 3. The SMILES string of the molecule is CCCn1cncc1CNc1cc(C(N)=O)ccc1Cl. The Morgan fingerprint density at radius 1 is 1.50 bits per heavy atom. The highest BCUT2D eigenvalue weighted by Crippen LogP contribution is 2.23. The molecule has 0 aliphatic heterocycles. The molecule has 0 unspecified atom stereocenters. The number of nitrogens with two attached hydrogens (primary N) is 1. The maximum absolute atomic E-state index is 11.2.